The first-order valence-electron chi connectivity index (χ1n) is 7.16. The number of nitrogens with zero attached hydrogens (tertiary/aromatic N) is 1. The fraction of sp³-hybridized carbons (Fsp3) is 0.312. The van der Waals surface area contributed by atoms with Crippen LogP contribution in [0.1, 0.15) is 5.56 Å². The summed E-state index contributed by atoms with van der Waals surface area (Å²) in [5.41, 5.74) is 1.36. The van der Waals surface area contributed by atoms with E-state index in [0.717, 1.165) is 5.56 Å². The second-order valence-electron chi connectivity index (χ2n) is 5.55. The van der Waals surface area contributed by atoms with Crippen molar-refractivity contribution in [3.63, 3.8) is 0 Å². The van der Waals surface area contributed by atoms with Crippen LogP contribution < -0.4 is 5.32 Å². The van der Waals surface area contributed by atoms with E-state index in [1.807, 2.05) is 30.3 Å². The molecular formula is C16H16N2O4S. The molecule has 3 rings (SSSR count). The van der Waals surface area contributed by atoms with Gasteiger partial charge in [0.1, 0.15) is 11.4 Å². The first-order chi connectivity index (χ1) is 11.0. The van der Waals surface area contributed by atoms with Crippen molar-refractivity contribution in [2.24, 2.45) is 0 Å². The summed E-state index contributed by atoms with van der Waals surface area (Å²) in [5, 5.41) is 11.6. The number of amides is 2. The monoisotopic (exact) mass is 332 g/mol. The molecule has 7 heteroatoms. The molecule has 6 nitrogen and oxygen atoms in total. The van der Waals surface area contributed by atoms with Gasteiger partial charge < -0.3 is 15.3 Å². The number of carbonyl (C=O) groups is 3. The summed E-state index contributed by atoms with van der Waals surface area (Å²) in [4.78, 5) is 36.9. The van der Waals surface area contributed by atoms with Gasteiger partial charge in [-0.25, -0.2) is 4.79 Å². The van der Waals surface area contributed by atoms with Crippen LogP contribution in [0.2, 0.25) is 0 Å². The van der Waals surface area contributed by atoms with Gasteiger partial charge in [-0.05, 0) is 11.1 Å². The average Bonchev–Trinajstić information content (AvgIpc) is 2.53. The highest BCUT2D eigenvalue weighted by Crippen LogP contribution is 2.39. The summed E-state index contributed by atoms with van der Waals surface area (Å²) < 4.78 is 0. The minimum atomic E-state index is -1.08. The number of hydrogen-bond acceptors (Lipinski definition) is 4. The first kappa shape index (κ1) is 15.6. The van der Waals surface area contributed by atoms with Crippen LogP contribution in [-0.4, -0.2) is 51.0 Å². The van der Waals surface area contributed by atoms with E-state index >= 15 is 0 Å². The van der Waals surface area contributed by atoms with E-state index in [-0.39, 0.29) is 23.6 Å². The molecule has 120 valence electrons. The molecular weight excluding hydrogens is 316 g/mol. The Kier molecular flexibility index (Phi) is 4.12. The molecule has 2 saturated heterocycles. The topological polar surface area (TPSA) is 86.7 Å². The molecule has 2 amide bonds. The molecule has 0 radical (unpaired) electrons. The standard InChI is InChI=1S/C16H16N2O4S/c1-9-8-23-15-12(14(20)18(15)13(9)16(21)22)17-11(19)7-10-5-3-2-4-6-10/h2-6,12-13,15H,1,7-8H2,(H,17,19)(H,21,22)/t12-,13?,15+/m1/s1. The van der Waals surface area contributed by atoms with Crippen LogP contribution in [0.4, 0.5) is 0 Å². The van der Waals surface area contributed by atoms with Gasteiger partial charge in [-0.2, -0.15) is 0 Å². The third kappa shape index (κ3) is 2.84. The maximum absolute atomic E-state index is 12.2. The SMILES string of the molecule is C=C1CS[C@H]2[C@H](NC(=O)Cc3ccccc3)C(=O)N2C1C(=O)O. The number of hydrogen-bond donors (Lipinski definition) is 2. The van der Waals surface area contributed by atoms with Crippen molar-refractivity contribution in [2.45, 2.75) is 23.9 Å². The minimum absolute atomic E-state index is 0.192. The number of aliphatic carboxylic acids is 1. The highest BCUT2D eigenvalue weighted by molar-refractivity contribution is 8.00. The lowest BCUT2D eigenvalue weighted by molar-refractivity contribution is -0.160. The van der Waals surface area contributed by atoms with Gasteiger partial charge in [-0.1, -0.05) is 36.9 Å². The lowest BCUT2D eigenvalue weighted by Crippen LogP contribution is -2.74. The number of rotatable bonds is 4. The Hall–Kier alpha value is -2.28. The Morgan fingerprint density at radius 1 is 1.35 bits per heavy atom. The fourth-order valence-corrected chi connectivity index (χ4v) is 4.14. The van der Waals surface area contributed by atoms with E-state index in [2.05, 4.69) is 11.9 Å². The van der Waals surface area contributed by atoms with E-state index in [1.165, 1.54) is 16.7 Å². The van der Waals surface area contributed by atoms with Gasteiger partial charge in [0.25, 0.3) is 0 Å². The fourth-order valence-electron chi connectivity index (χ4n) is 2.84. The minimum Gasteiger partial charge on any atom is -0.479 e. The number of carboxylic acids is 1. The van der Waals surface area contributed by atoms with Crippen molar-refractivity contribution in [2.75, 3.05) is 5.75 Å². The highest BCUT2D eigenvalue weighted by Gasteiger charge is 2.56. The van der Waals surface area contributed by atoms with Crippen molar-refractivity contribution >= 4 is 29.5 Å². The van der Waals surface area contributed by atoms with Crippen LogP contribution >= 0.6 is 11.8 Å². The molecule has 0 aliphatic carbocycles. The van der Waals surface area contributed by atoms with Crippen LogP contribution in [0.25, 0.3) is 0 Å². The van der Waals surface area contributed by atoms with Crippen LogP contribution in [0.15, 0.2) is 42.5 Å². The van der Waals surface area contributed by atoms with Gasteiger partial charge in [-0.3, -0.25) is 9.59 Å². The molecule has 2 fully saturated rings. The van der Waals surface area contributed by atoms with Gasteiger partial charge >= 0.3 is 5.97 Å². The van der Waals surface area contributed by atoms with E-state index in [4.69, 9.17) is 0 Å². The number of benzene rings is 1. The van der Waals surface area contributed by atoms with Crippen molar-refractivity contribution in [1.29, 1.82) is 0 Å². The maximum Gasteiger partial charge on any atom is 0.330 e. The second kappa shape index (κ2) is 6.08. The molecule has 1 aromatic rings. The molecule has 0 saturated carbocycles. The predicted octanol–water partition coefficient (Wildman–Crippen LogP) is 0.638. The van der Waals surface area contributed by atoms with Crippen LogP contribution in [-0.2, 0) is 20.8 Å². The molecule has 2 aliphatic rings. The molecule has 3 atom stereocenters. The van der Waals surface area contributed by atoms with Crippen molar-refractivity contribution in [1.82, 2.24) is 10.2 Å². The Balaban J connectivity index is 1.65. The summed E-state index contributed by atoms with van der Waals surface area (Å²) in [7, 11) is 0. The molecule has 2 heterocycles. The van der Waals surface area contributed by atoms with Crippen LogP contribution in [0.5, 0.6) is 0 Å². The van der Waals surface area contributed by atoms with Gasteiger partial charge in [0.2, 0.25) is 11.8 Å². The Bertz CT molecular complexity index is 676. The number of thioether (sulfide) groups is 1. The Morgan fingerprint density at radius 3 is 2.70 bits per heavy atom. The number of β-lactam (4-membered cyclic amide) rings is 1. The van der Waals surface area contributed by atoms with Gasteiger partial charge in [0, 0.05) is 5.75 Å². The van der Waals surface area contributed by atoms with E-state index < -0.39 is 18.1 Å². The third-order valence-electron chi connectivity index (χ3n) is 3.94. The van der Waals surface area contributed by atoms with Gasteiger partial charge in [0.05, 0.1) is 6.42 Å². The Labute approximate surface area is 137 Å². The molecule has 0 aromatic heterocycles. The molecule has 2 N–H and O–H groups in total. The summed E-state index contributed by atoms with van der Waals surface area (Å²) in [6.07, 6.45) is 0.192. The zero-order valence-corrected chi connectivity index (χ0v) is 13.1. The molecule has 23 heavy (non-hydrogen) atoms. The van der Waals surface area contributed by atoms with E-state index in [9.17, 15) is 19.5 Å². The number of fused-ring (bicyclic) bond motifs is 1. The third-order valence-corrected chi connectivity index (χ3v) is 5.32. The Morgan fingerprint density at radius 2 is 2.04 bits per heavy atom. The van der Waals surface area contributed by atoms with Crippen molar-refractivity contribution in [3.8, 4) is 0 Å². The summed E-state index contributed by atoms with van der Waals surface area (Å²) in [6.45, 7) is 3.73. The second-order valence-corrected chi connectivity index (χ2v) is 6.66. The lowest BCUT2D eigenvalue weighted by Gasteiger charge is -2.52. The van der Waals surface area contributed by atoms with Gasteiger partial charge in [0.15, 0.2) is 6.04 Å². The maximum atomic E-state index is 12.2. The quantitative estimate of drug-likeness (QED) is 0.624. The van der Waals surface area contributed by atoms with Crippen LogP contribution in [0.3, 0.4) is 0 Å². The number of carboxylic acid groups (broad SMARTS) is 1. The molecule has 0 spiro atoms. The van der Waals surface area contributed by atoms with Crippen molar-refractivity contribution in [3.05, 3.63) is 48.0 Å². The summed E-state index contributed by atoms with van der Waals surface area (Å²) in [6, 6.07) is 7.59. The average molecular weight is 332 g/mol. The number of carbonyl (C=O) groups excluding carboxylic acids is 2. The van der Waals surface area contributed by atoms with Gasteiger partial charge in [-0.15, -0.1) is 11.8 Å². The zero-order chi connectivity index (χ0) is 16.6. The number of nitrogens with one attached hydrogen (secondary N) is 1. The first-order valence-corrected chi connectivity index (χ1v) is 8.21. The van der Waals surface area contributed by atoms with Crippen molar-refractivity contribution < 1.29 is 19.5 Å². The molecule has 0 bridgehead atoms. The highest BCUT2D eigenvalue weighted by atomic mass is 32.2. The van der Waals surface area contributed by atoms with E-state index in [0.29, 0.717) is 11.3 Å². The normalized spacial score (nSPS) is 26.3. The summed E-state index contributed by atoms with van der Waals surface area (Å²) in [5.74, 6) is -1.22. The lowest BCUT2D eigenvalue weighted by atomic mass is 9.98. The molecule has 1 aromatic carbocycles. The largest absolute Gasteiger partial charge is 0.479 e. The molecule has 1 unspecified atom stereocenters. The van der Waals surface area contributed by atoms with Crippen LogP contribution in [0, 0.1) is 0 Å². The molecule has 2 aliphatic heterocycles. The predicted molar refractivity (Wildman–Crippen MR) is 85.7 cm³/mol. The van der Waals surface area contributed by atoms with E-state index in [1.54, 1.807) is 0 Å². The zero-order valence-electron chi connectivity index (χ0n) is 12.3. The smallest absolute Gasteiger partial charge is 0.330 e. The summed E-state index contributed by atoms with van der Waals surface area (Å²) >= 11 is 1.43.